The van der Waals surface area contributed by atoms with Crippen molar-refractivity contribution >= 4 is 46.7 Å². The van der Waals surface area contributed by atoms with Gasteiger partial charge < -0.3 is 4.98 Å². The van der Waals surface area contributed by atoms with Crippen LogP contribution in [0, 0.1) is 3.95 Å². The van der Waals surface area contributed by atoms with Crippen LogP contribution in [0.3, 0.4) is 0 Å². The standard InChI is InChI=1S/C7H5NS4/c9-7-8-6(4-11-7)12-5-1-2-10-3-5/h1-4H,(H,8,9). The van der Waals surface area contributed by atoms with Crippen molar-refractivity contribution < 1.29 is 0 Å². The molecule has 0 fully saturated rings. The molecule has 0 aliphatic carbocycles. The molecule has 2 heterocycles. The van der Waals surface area contributed by atoms with E-state index in [1.54, 1.807) is 34.4 Å². The van der Waals surface area contributed by atoms with E-state index in [2.05, 4.69) is 21.8 Å². The molecular weight excluding hydrogens is 226 g/mol. The number of H-pyrrole nitrogens is 1. The van der Waals surface area contributed by atoms with Gasteiger partial charge in [0, 0.05) is 15.7 Å². The highest BCUT2D eigenvalue weighted by molar-refractivity contribution is 7.99. The predicted octanol–water partition coefficient (Wildman–Crippen LogP) is 4.02. The van der Waals surface area contributed by atoms with E-state index >= 15 is 0 Å². The average Bonchev–Trinajstić information content (AvgIpc) is 2.63. The van der Waals surface area contributed by atoms with Gasteiger partial charge in [0.05, 0.1) is 5.03 Å². The van der Waals surface area contributed by atoms with Crippen molar-refractivity contribution in [2.24, 2.45) is 0 Å². The van der Waals surface area contributed by atoms with Gasteiger partial charge in [0.15, 0.2) is 3.95 Å². The minimum Gasteiger partial charge on any atom is -0.332 e. The number of thiophene rings is 1. The highest BCUT2D eigenvalue weighted by atomic mass is 32.2. The fourth-order valence-electron chi connectivity index (χ4n) is 0.753. The molecule has 0 aliphatic rings. The highest BCUT2D eigenvalue weighted by Crippen LogP contribution is 2.28. The van der Waals surface area contributed by atoms with Crippen molar-refractivity contribution in [3.8, 4) is 0 Å². The van der Waals surface area contributed by atoms with Crippen LogP contribution in [0.4, 0.5) is 0 Å². The van der Waals surface area contributed by atoms with Gasteiger partial charge in [-0.3, -0.25) is 0 Å². The molecule has 0 aromatic carbocycles. The first-order valence-electron chi connectivity index (χ1n) is 3.22. The summed E-state index contributed by atoms with van der Waals surface area (Å²) >= 11 is 9.97. The Morgan fingerprint density at radius 3 is 2.92 bits per heavy atom. The SMILES string of the molecule is S=c1[nH]c(Sc2ccsc2)cs1. The molecule has 5 heteroatoms. The first-order valence-corrected chi connectivity index (χ1v) is 6.27. The molecule has 0 spiro atoms. The second-order valence-corrected chi connectivity index (χ2v) is 5.52. The average molecular weight is 231 g/mol. The Morgan fingerprint density at radius 2 is 2.33 bits per heavy atom. The summed E-state index contributed by atoms with van der Waals surface area (Å²) < 4.78 is 0.840. The van der Waals surface area contributed by atoms with Crippen molar-refractivity contribution in [3.05, 3.63) is 26.2 Å². The van der Waals surface area contributed by atoms with E-state index in [0.29, 0.717) is 0 Å². The van der Waals surface area contributed by atoms with Gasteiger partial charge in [0.2, 0.25) is 0 Å². The third kappa shape index (κ3) is 1.98. The maximum atomic E-state index is 4.98. The molecular formula is C7H5NS4. The molecule has 1 nitrogen and oxygen atoms in total. The Balaban J connectivity index is 2.19. The maximum Gasteiger partial charge on any atom is 0.159 e. The molecule has 2 aromatic heterocycles. The number of nitrogens with one attached hydrogen (secondary N) is 1. The summed E-state index contributed by atoms with van der Waals surface area (Å²) in [5, 5.41) is 7.37. The minimum atomic E-state index is 0.840. The second kappa shape index (κ2) is 3.74. The molecule has 12 heavy (non-hydrogen) atoms. The number of aromatic amines is 1. The van der Waals surface area contributed by atoms with Crippen LogP contribution in [0.5, 0.6) is 0 Å². The van der Waals surface area contributed by atoms with Crippen molar-refractivity contribution in [1.82, 2.24) is 4.98 Å². The number of hydrogen-bond donors (Lipinski definition) is 1. The number of rotatable bonds is 2. The van der Waals surface area contributed by atoms with Crippen LogP contribution in [0.15, 0.2) is 32.1 Å². The van der Waals surface area contributed by atoms with Gasteiger partial charge in [0.25, 0.3) is 0 Å². The molecule has 0 unspecified atom stereocenters. The number of thiazole rings is 1. The lowest BCUT2D eigenvalue weighted by molar-refractivity contribution is 1.19. The zero-order valence-corrected chi connectivity index (χ0v) is 9.21. The molecule has 0 saturated heterocycles. The molecule has 0 bridgehead atoms. The lowest BCUT2D eigenvalue weighted by Gasteiger charge is -1.90. The second-order valence-electron chi connectivity index (χ2n) is 2.07. The number of hydrogen-bond acceptors (Lipinski definition) is 4. The van der Waals surface area contributed by atoms with E-state index in [0.717, 1.165) is 8.98 Å². The quantitative estimate of drug-likeness (QED) is 0.786. The third-order valence-electron chi connectivity index (χ3n) is 1.22. The summed E-state index contributed by atoms with van der Waals surface area (Å²) in [6.45, 7) is 0. The molecule has 0 amide bonds. The Bertz CT molecular complexity index is 397. The van der Waals surface area contributed by atoms with E-state index in [1.807, 2.05) is 5.38 Å². The normalized spacial score (nSPS) is 10.3. The van der Waals surface area contributed by atoms with E-state index in [-0.39, 0.29) is 0 Å². The lowest BCUT2D eigenvalue weighted by atomic mass is 10.7. The summed E-state index contributed by atoms with van der Waals surface area (Å²) in [5.41, 5.74) is 0. The molecule has 1 N–H and O–H groups in total. The third-order valence-corrected chi connectivity index (χ3v) is 4.19. The first-order chi connectivity index (χ1) is 5.84. The summed E-state index contributed by atoms with van der Waals surface area (Å²) in [4.78, 5) is 4.38. The van der Waals surface area contributed by atoms with Crippen molar-refractivity contribution in [1.29, 1.82) is 0 Å². The summed E-state index contributed by atoms with van der Waals surface area (Å²) in [6, 6.07) is 2.10. The fraction of sp³-hybridized carbons (Fsp3) is 0. The Morgan fingerprint density at radius 1 is 1.42 bits per heavy atom. The smallest absolute Gasteiger partial charge is 0.159 e. The van der Waals surface area contributed by atoms with E-state index in [4.69, 9.17) is 12.2 Å². The van der Waals surface area contributed by atoms with Crippen LogP contribution in [0.25, 0.3) is 0 Å². The maximum absolute atomic E-state index is 4.98. The van der Waals surface area contributed by atoms with Crippen molar-refractivity contribution in [2.75, 3.05) is 0 Å². The van der Waals surface area contributed by atoms with Gasteiger partial charge in [0.1, 0.15) is 0 Å². The van der Waals surface area contributed by atoms with Gasteiger partial charge >= 0.3 is 0 Å². The summed E-state index contributed by atoms with van der Waals surface area (Å²) in [6.07, 6.45) is 0. The van der Waals surface area contributed by atoms with Crippen LogP contribution in [-0.2, 0) is 0 Å². The summed E-state index contributed by atoms with van der Waals surface area (Å²) in [5.74, 6) is 0. The lowest BCUT2D eigenvalue weighted by Crippen LogP contribution is -1.66. The van der Waals surface area contributed by atoms with E-state index in [1.165, 1.54) is 4.90 Å². The topological polar surface area (TPSA) is 15.8 Å². The zero-order chi connectivity index (χ0) is 8.39. The molecule has 2 rings (SSSR count). The van der Waals surface area contributed by atoms with Crippen LogP contribution < -0.4 is 0 Å². The molecule has 0 aliphatic heterocycles. The van der Waals surface area contributed by atoms with Crippen LogP contribution >= 0.6 is 46.7 Å². The van der Waals surface area contributed by atoms with E-state index in [9.17, 15) is 0 Å². The minimum absolute atomic E-state index is 0.840. The molecule has 0 atom stereocenters. The van der Waals surface area contributed by atoms with Crippen LogP contribution in [-0.4, -0.2) is 4.98 Å². The fourth-order valence-corrected chi connectivity index (χ4v) is 3.42. The molecule has 2 aromatic rings. The van der Waals surface area contributed by atoms with Crippen molar-refractivity contribution in [2.45, 2.75) is 9.92 Å². The molecule has 0 radical (unpaired) electrons. The van der Waals surface area contributed by atoms with Gasteiger partial charge in [-0.2, -0.15) is 11.3 Å². The predicted molar refractivity (Wildman–Crippen MR) is 57.9 cm³/mol. The molecule has 62 valence electrons. The Labute approximate surface area is 87.5 Å². The van der Waals surface area contributed by atoms with Crippen molar-refractivity contribution in [3.63, 3.8) is 0 Å². The zero-order valence-electron chi connectivity index (χ0n) is 5.94. The molecule has 0 saturated carbocycles. The van der Waals surface area contributed by atoms with Gasteiger partial charge in [-0.1, -0.05) is 11.8 Å². The largest absolute Gasteiger partial charge is 0.332 e. The monoisotopic (exact) mass is 231 g/mol. The highest BCUT2D eigenvalue weighted by Gasteiger charge is 1.97. The van der Waals surface area contributed by atoms with Gasteiger partial charge in [-0.05, 0) is 23.7 Å². The Kier molecular flexibility index (Phi) is 2.65. The van der Waals surface area contributed by atoms with Crippen LogP contribution in [0.1, 0.15) is 0 Å². The van der Waals surface area contributed by atoms with Crippen LogP contribution in [0.2, 0.25) is 0 Å². The van der Waals surface area contributed by atoms with Gasteiger partial charge in [-0.15, -0.1) is 11.3 Å². The van der Waals surface area contributed by atoms with E-state index < -0.39 is 0 Å². The number of aromatic nitrogens is 1. The Hall–Kier alpha value is -0.100. The first kappa shape index (κ1) is 8.50. The summed E-state index contributed by atoms with van der Waals surface area (Å²) in [7, 11) is 0. The van der Waals surface area contributed by atoms with Gasteiger partial charge in [-0.25, -0.2) is 0 Å².